The number of benzene rings is 2. The minimum absolute atomic E-state index is 0.136. The molecule has 0 unspecified atom stereocenters. The van der Waals surface area contributed by atoms with Crippen LogP contribution in [0.1, 0.15) is 29.9 Å². The number of carbonyl (C=O) groups is 1. The van der Waals surface area contributed by atoms with Crippen LogP contribution in [0.3, 0.4) is 0 Å². The molecule has 0 aliphatic carbocycles. The first kappa shape index (κ1) is 20.6. The first-order valence-corrected chi connectivity index (χ1v) is 10.6. The van der Waals surface area contributed by atoms with Crippen LogP contribution in [0, 0.1) is 0 Å². The predicted molar refractivity (Wildman–Crippen MR) is 119 cm³/mol. The lowest BCUT2D eigenvalue weighted by atomic mass is 10.0. The van der Waals surface area contributed by atoms with E-state index in [9.17, 15) is 4.79 Å². The molecule has 2 aromatic carbocycles. The Hall–Kier alpha value is -4.27. The van der Waals surface area contributed by atoms with Crippen molar-refractivity contribution in [3.63, 3.8) is 0 Å². The van der Waals surface area contributed by atoms with Gasteiger partial charge in [-0.3, -0.25) is 10.1 Å². The fourth-order valence-electron chi connectivity index (χ4n) is 3.61. The summed E-state index contributed by atoms with van der Waals surface area (Å²) < 4.78 is 27.8. The number of amides is 1. The second-order valence-corrected chi connectivity index (χ2v) is 7.18. The lowest BCUT2D eigenvalue weighted by molar-refractivity contribution is 0.101. The van der Waals surface area contributed by atoms with Crippen molar-refractivity contribution in [2.24, 2.45) is 0 Å². The zero-order chi connectivity index (χ0) is 22.8. The largest absolute Gasteiger partial charge is 0.490 e. The molecule has 0 atom stereocenters. The average molecular weight is 447 g/mol. The molecule has 2 aromatic heterocycles. The Balaban J connectivity index is 1.36. The van der Waals surface area contributed by atoms with Crippen LogP contribution in [0.15, 0.2) is 57.6 Å². The maximum Gasteiger partial charge on any atom is 0.280 e. The summed E-state index contributed by atoms with van der Waals surface area (Å²) in [5.41, 5.74) is 2.77. The summed E-state index contributed by atoms with van der Waals surface area (Å²) in [4.78, 5) is 12.8. The number of hydrogen-bond acceptors (Lipinski definition) is 8. The summed E-state index contributed by atoms with van der Waals surface area (Å²) in [5.74, 6) is 2.18. The summed E-state index contributed by atoms with van der Waals surface area (Å²) >= 11 is 0. The van der Waals surface area contributed by atoms with E-state index < -0.39 is 5.91 Å². The third kappa shape index (κ3) is 3.89. The Bertz CT molecular complexity index is 1310. The van der Waals surface area contributed by atoms with Crippen LogP contribution in [-0.4, -0.2) is 29.4 Å². The van der Waals surface area contributed by atoms with E-state index >= 15 is 0 Å². The van der Waals surface area contributed by atoms with E-state index in [1.165, 1.54) is 0 Å². The monoisotopic (exact) mass is 447 g/mol. The quantitative estimate of drug-likeness (QED) is 0.424. The number of nitrogens with one attached hydrogen (secondary N) is 1. The SMILES string of the molecule is CCOc1ccc(-c2cc(NC(=O)c3noc4c3COc3ccccc3-4)on2)cc1OCC. The minimum Gasteiger partial charge on any atom is -0.490 e. The van der Waals surface area contributed by atoms with E-state index in [-0.39, 0.29) is 18.2 Å². The number of para-hydroxylation sites is 1. The van der Waals surface area contributed by atoms with Gasteiger partial charge in [0.1, 0.15) is 18.1 Å². The molecule has 1 aliphatic rings. The van der Waals surface area contributed by atoms with Gasteiger partial charge in [0.15, 0.2) is 23.0 Å². The Kier molecular flexibility index (Phi) is 5.43. The summed E-state index contributed by atoms with van der Waals surface area (Å²) in [6.07, 6.45) is 0. The molecule has 0 radical (unpaired) electrons. The summed E-state index contributed by atoms with van der Waals surface area (Å²) in [5, 5.41) is 10.7. The van der Waals surface area contributed by atoms with Crippen LogP contribution < -0.4 is 19.5 Å². The molecule has 3 heterocycles. The van der Waals surface area contributed by atoms with Gasteiger partial charge in [-0.2, -0.15) is 0 Å². The molecular formula is C24H21N3O6. The molecule has 5 rings (SSSR count). The number of hydrogen-bond donors (Lipinski definition) is 1. The van der Waals surface area contributed by atoms with E-state index in [2.05, 4.69) is 15.6 Å². The van der Waals surface area contributed by atoms with Crippen LogP contribution in [0.25, 0.3) is 22.6 Å². The topological polar surface area (TPSA) is 109 Å². The highest BCUT2D eigenvalue weighted by molar-refractivity contribution is 6.04. The van der Waals surface area contributed by atoms with Crippen molar-refractivity contribution >= 4 is 11.8 Å². The van der Waals surface area contributed by atoms with Gasteiger partial charge in [0, 0.05) is 11.6 Å². The van der Waals surface area contributed by atoms with Crippen molar-refractivity contribution in [1.82, 2.24) is 10.3 Å². The molecule has 168 valence electrons. The van der Waals surface area contributed by atoms with Gasteiger partial charge in [0.2, 0.25) is 5.88 Å². The molecule has 0 bridgehead atoms. The molecule has 9 heteroatoms. The van der Waals surface area contributed by atoms with Gasteiger partial charge < -0.3 is 23.3 Å². The lowest BCUT2D eigenvalue weighted by Crippen LogP contribution is -2.16. The van der Waals surface area contributed by atoms with Gasteiger partial charge in [-0.15, -0.1) is 0 Å². The molecule has 9 nitrogen and oxygen atoms in total. The van der Waals surface area contributed by atoms with Crippen molar-refractivity contribution in [2.75, 3.05) is 18.5 Å². The molecule has 0 saturated carbocycles. The number of ether oxygens (including phenoxy) is 3. The first-order valence-electron chi connectivity index (χ1n) is 10.6. The zero-order valence-corrected chi connectivity index (χ0v) is 18.1. The Morgan fingerprint density at radius 3 is 2.67 bits per heavy atom. The highest BCUT2D eigenvalue weighted by Gasteiger charge is 2.29. The van der Waals surface area contributed by atoms with Crippen molar-refractivity contribution in [3.8, 4) is 39.8 Å². The molecule has 0 spiro atoms. The zero-order valence-electron chi connectivity index (χ0n) is 18.1. The van der Waals surface area contributed by atoms with Gasteiger partial charge in [0.05, 0.1) is 24.3 Å². The van der Waals surface area contributed by atoms with Gasteiger partial charge in [0.25, 0.3) is 5.91 Å². The number of fused-ring (bicyclic) bond motifs is 3. The third-order valence-electron chi connectivity index (χ3n) is 5.09. The van der Waals surface area contributed by atoms with Gasteiger partial charge in [-0.05, 0) is 44.2 Å². The highest BCUT2D eigenvalue weighted by atomic mass is 16.5. The summed E-state index contributed by atoms with van der Waals surface area (Å²) in [7, 11) is 0. The Morgan fingerprint density at radius 1 is 1.00 bits per heavy atom. The lowest BCUT2D eigenvalue weighted by Gasteiger charge is -2.15. The number of anilines is 1. The molecule has 1 amide bonds. The number of carbonyl (C=O) groups excluding carboxylic acids is 1. The molecule has 1 N–H and O–H groups in total. The van der Waals surface area contributed by atoms with Crippen LogP contribution in [0.4, 0.5) is 5.88 Å². The normalized spacial score (nSPS) is 11.8. The summed E-state index contributed by atoms with van der Waals surface area (Å²) in [6.45, 7) is 5.03. The van der Waals surface area contributed by atoms with Crippen LogP contribution in [0.5, 0.6) is 17.2 Å². The molecule has 0 saturated heterocycles. The maximum absolute atomic E-state index is 12.8. The van der Waals surface area contributed by atoms with Gasteiger partial charge >= 0.3 is 0 Å². The van der Waals surface area contributed by atoms with E-state index in [0.717, 1.165) is 11.1 Å². The van der Waals surface area contributed by atoms with E-state index in [1.807, 2.05) is 56.3 Å². The standard InChI is InChI=1S/C24H21N3O6/c1-3-29-19-10-9-14(11-20(19)30-4-2)17-12-21(32-26-17)25-24(28)22-16-13-31-18-8-6-5-7-15(18)23(16)33-27-22/h5-12H,3-4,13H2,1-2H3,(H,25,28). The maximum atomic E-state index is 12.8. The number of aromatic nitrogens is 2. The van der Waals surface area contributed by atoms with Crippen molar-refractivity contribution in [1.29, 1.82) is 0 Å². The molecule has 0 fully saturated rings. The fourth-order valence-corrected chi connectivity index (χ4v) is 3.61. The van der Waals surface area contributed by atoms with Gasteiger partial charge in [-0.1, -0.05) is 22.4 Å². The molecular weight excluding hydrogens is 426 g/mol. The fraction of sp³-hybridized carbons (Fsp3) is 0.208. The number of nitrogens with zero attached hydrogens (tertiary/aromatic N) is 2. The highest BCUT2D eigenvalue weighted by Crippen LogP contribution is 2.39. The number of rotatable bonds is 7. The predicted octanol–water partition coefficient (Wildman–Crippen LogP) is 4.94. The Morgan fingerprint density at radius 2 is 1.82 bits per heavy atom. The third-order valence-corrected chi connectivity index (χ3v) is 5.09. The van der Waals surface area contributed by atoms with E-state index in [0.29, 0.717) is 47.5 Å². The van der Waals surface area contributed by atoms with Crippen LogP contribution >= 0.6 is 0 Å². The average Bonchev–Trinajstić information content (AvgIpc) is 3.48. The van der Waals surface area contributed by atoms with E-state index in [4.69, 9.17) is 23.3 Å². The molecule has 33 heavy (non-hydrogen) atoms. The van der Waals surface area contributed by atoms with Crippen molar-refractivity contribution in [2.45, 2.75) is 20.5 Å². The van der Waals surface area contributed by atoms with Crippen molar-refractivity contribution < 1.29 is 28.1 Å². The van der Waals surface area contributed by atoms with E-state index in [1.54, 1.807) is 6.07 Å². The second-order valence-electron chi connectivity index (χ2n) is 7.18. The Labute approximate surface area is 189 Å². The molecule has 1 aliphatic heterocycles. The second kappa shape index (κ2) is 8.70. The van der Waals surface area contributed by atoms with Crippen LogP contribution in [-0.2, 0) is 6.61 Å². The minimum atomic E-state index is -0.479. The molecule has 4 aromatic rings. The van der Waals surface area contributed by atoms with Crippen LogP contribution in [0.2, 0.25) is 0 Å². The van der Waals surface area contributed by atoms with Crippen molar-refractivity contribution in [3.05, 3.63) is 59.8 Å². The first-order chi connectivity index (χ1) is 16.2. The smallest absolute Gasteiger partial charge is 0.280 e. The van der Waals surface area contributed by atoms with Gasteiger partial charge in [-0.25, -0.2) is 0 Å². The summed E-state index contributed by atoms with van der Waals surface area (Å²) in [6, 6.07) is 14.5.